The Morgan fingerprint density at radius 1 is 1.25 bits per heavy atom. The van der Waals surface area contributed by atoms with Crippen molar-refractivity contribution in [1.82, 2.24) is 10.2 Å². The maximum Gasteiger partial charge on any atom is 0.325 e. The summed E-state index contributed by atoms with van der Waals surface area (Å²) >= 11 is 0. The zero-order valence-electron chi connectivity index (χ0n) is 14.6. The van der Waals surface area contributed by atoms with Crippen LogP contribution in [0.25, 0.3) is 0 Å². The molecule has 0 spiro atoms. The number of hydrogen-bond donors (Lipinski definition) is 2. The lowest BCUT2D eigenvalue weighted by atomic mass is 9.91. The highest BCUT2D eigenvalue weighted by atomic mass is 19.1. The highest BCUT2D eigenvalue weighted by Crippen LogP contribution is 2.29. The second-order valence-electron chi connectivity index (χ2n) is 6.31. The summed E-state index contributed by atoms with van der Waals surface area (Å²) in [6.07, 6.45) is 0. The Balaban J connectivity index is 1.89. The van der Waals surface area contributed by atoms with Gasteiger partial charge >= 0.3 is 6.03 Å². The van der Waals surface area contributed by atoms with E-state index in [0.717, 1.165) is 17.0 Å². The summed E-state index contributed by atoms with van der Waals surface area (Å²) in [4.78, 5) is 26.0. The maximum atomic E-state index is 14.0. The van der Waals surface area contributed by atoms with Crippen LogP contribution in [0, 0.1) is 23.0 Å². The molecule has 0 aliphatic carbocycles. The highest BCUT2D eigenvalue weighted by Gasteiger charge is 2.49. The Bertz CT molecular complexity index is 1030. The molecule has 7 nitrogen and oxygen atoms in total. The molecule has 3 rings (SSSR count). The van der Waals surface area contributed by atoms with Crippen LogP contribution in [0.5, 0.6) is 0 Å². The van der Waals surface area contributed by atoms with Crippen molar-refractivity contribution in [3.63, 3.8) is 0 Å². The van der Waals surface area contributed by atoms with Crippen molar-refractivity contribution < 1.29 is 23.6 Å². The molecule has 28 heavy (non-hydrogen) atoms. The normalized spacial score (nSPS) is 19.5. The highest BCUT2D eigenvalue weighted by molar-refractivity contribution is 6.12. The number of imide groups is 1. The molecule has 1 aliphatic heterocycles. The third-order valence-corrected chi connectivity index (χ3v) is 4.54. The van der Waals surface area contributed by atoms with Gasteiger partial charge in [0.1, 0.15) is 22.9 Å². The van der Waals surface area contributed by atoms with E-state index < -0.39 is 35.7 Å². The Morgan fingerprint density at radius 2 is 1.93 bits per heavy atom. The Hall–Kier alpha value is -3.80. The van der Waals surface area contributed by atoms with Crippen molar-refractivity contribution >= 4 is 17.6 Å². The fourth-order valence-electron chi connectivity index (χ4n) is 2.96. The summed E-state index contributed by atoms with van der Waals surface area (Å²) < 4.78 is 27.1. The molecule has 1 saturated heterocycles. The fourth-order valence-corrected chi connectivity index (χ4v) is 2.96. The van der Waals surface area contributed by atoms with E-state index in [9.17, 15) is 23.6 Å². The molecule has 2 aromatic rings. The topological polar surface area (TPSA) is 106 Å². The predicted octanol–water partition coefficient (Wildman–Crippen LogP) is 2.48. The van der Waals surface area contributed by atoms with Crippen LogP contribution >= 0.6 is 0 Å². The van der Waals surface area contributed by atoms with Crippen LogP contribution in [-0.4, -0.2) is 34.3 Å². The first kappa shape index (κ1) is 19.0. The smallest absolute Gasteiger partial charge is 0.325 e. The number of halogens is 2. The van der Waals surface area contributed by atoms with E-state index in [1.54, 1.807) is 12.1 Å². The average molecular weight is 384 g/mol. The number of oxime groups is 1. The van der Waals surface area contributed by atoms with E-state index >= 15 is 0 Å². The standard InChI is InChI=1S/C19H14F2N4O3/c1-19(12-4-2-11(9-22)3-5-12)17(26)25(18(27)23-19)10-16(24-28)14-7-6-13(20)8-15(14)21/h2-8,28H,10H2,1H3,(H,23,27). The van der Waals surface area contributed by atoms with Crippen LogP contribution < -0.4 is 5.32 Å². The number of rotatable bonds is 4. The summed E-state index contributed by atoms with van der Waals surface area (Å²) in [7, 11) is 0. The molecule has 0 bridgehead atoms. The van der Waals surface area contributed by atoms with Gasteiger partial charge in [-0.3, -0.25) is 9.69 Å². The van der Waals surface area contributed by atoms with Gasteiger partial charge in [-0.25, -0.2) is 13.6 Å². The Morgan fingerprint density at radius 3 is 2.50 bits per heavy atom. The minimum atomic E-state index is -1.41. The van der Waals surface area contributed by atoms with Crippen LogP contribution in [0.15, 0.2) is 47.6 Å². The van der Waals surface area contributed by atoms with Gasteiger partial charge in [0, 0.05) is 11.6 Å². The van der Waals surface area contributed by atoms with Crippen molar-refractivity contribution in [3.8, 4) is 6.07 Å². The molecule has 3 amide bonds. The van der Waals surface area contributed by atoms with Gasteiger partial charge in [0.2, 0.25) is 0 Å². The van der Waals surface area contributed by atoms with Crippen molar-refractivity contribution in [1.29, 1.82) is 5.26 Å². The zero-order chi connectivity index (χ0) is 20.5. The number of carbonyl (C=O) groups excluding carboxylic acids is 2. The summed E-state index contributed by atoms with van der Waals surface area (Å²) in [6.45, 7) is 0.971. The minimum absolute atomic E-state index is 0.239. The summed E-state index contributed by atoms with van der Waals surface area (Å²) in [6, 6.07) is 9.93. The predicted molar refractivity (Wildman–Crippen MR) is 93.4 cm³/mol. The van der Waals surface area contributed by atoms with Gasteiger partial charge in [0.05, 0.1) is 18.2 Å². The number of nitriles is 1. The largest absolute Gasteiger partial charge is 0.411 e. The van der Waals surface area contributed by atoms with Crippen LogP contribution in [0.4, 0.5) is 13.6 Å². The van der Waals surface area contributed by atoms with Crippen molar-refractivity contribution in [2.45, 2.75) is 12.5 Å². The molecule has 1 fully saturated rings. The summed E-state index contributed by atoms with van der Waals surface area (Å²) in [5.74, 6) is -2.46. The first-order valence-electron chi connectivity index (χ1n) is 8.11. The number of nitrogens with one attached hydrogen (secondary N) is 1. The third-order valence-electron chi connectivity index (χ3n) is 4.54. The lowest BCUT2D eigenvalue weighted by molar-refractivity contribution is -0.130. The van der Waals surface area contributed by atoms with Crippen molar-refractivity contribution in [2.75, 3.05) is 6.54 Å². The third kappa shape index (κ3) is 3.16. The Kier molecular flexibility index (Phi) is 4.79. The molecular weight excluding hydrogens is 370 g/mol. The summed E-state index contributed by atoms with van der Waals surface area (Å²) in [5.41, 5.74) is -1.13. The van der Waals surface area contributed by atoms with Crippen molar-refractivity contribution in [2.24, 2.45) is 5.16 Å². The molecule has 2 N–H and O–H groups in total. The molecule has 1 atom stereocenters. The Labute approximate surface area is 158 Å². The second-order valence-corrected chi connectivity index (χ2v) is 6.31. The average Bonchev–Trinajstić information content (AvgIpc) is 2.90. The first-order chi connectivity index (χ1) is 13.3. The number of hydrogen-bond acceptors (Lipinski definition) is 5. The van der Waals surface area contributed by atoms with Crippen molar-refractivity contribution in [3.05, 3.63) is 70.8 Å². The number of urea groups is 1. The molecular formula is C19H14F2N4O3. The van der Waals surface area contributed by atoms with Gasteiger partial charge in [-0.15, -0.1) is 0 Å². The van der Waals surface area contributed by atoms with E-state index in [4.69, 9.17) is 5.26 Å². The number of carbonyl (C=O) groups is 2. The number of amides is 3. The fraction of sp³-hybridized carbons (Fsp3) is 0.158. The monoisotopic (exact) mass is 384 g/mol. The van der Waals surface area contributed by atoms with Gasteiger partial charge in [-0.1, -0.05) is 17.3 Å². The molecule has 142 valence electrons. The van der Waals surface area contributed by atoms with Gasteiger partial charge in [-0.05, 0) is 36.8 Å². The zero-order valence-corrected chi connectivity index (χ0v) is 14.6. The molecule has 1 unspecified atom stereocenters. The van der Waals surface area contributed by atoms with Gasteiger partial charge < -0.3 is 10.5 Å². The molecule has 0 aromatic heterocycles. The van der Waals surface area contributed by atoms with Gasteiger partial charge in [0.25, 0.3) is 5.91 Å². The second kappa shape index (κ2) is 7.08. The lowest BCUT2D eigenvalue weighted by Gasteiger charge is -2.22. The summed E-state index contributed by atoms with van der Waals surface area (Å²) in [5, 5.41) is 23.6. The van der Waals surface area contributed by atoms with E-state index in [1.165, 1.54) is 19.1 Å². The lowest BCUT2D eigenvalue weighted by Crippen LogP contribution is -2.41. The van der Waals surface area contributed by atoms with Crippen LogP contribution in [-0.2, 0) is 10.3 Å². The molecule has 0 saturated carbocycles. The molecule has 0 radical (unpaired) electrons. The molecule has 1 heterocycles. The van der Waals surface area contributed by atoms with Gasteiger partial charge in [-0.2, -0.15) is 5.26 Å². The molecule has 1 aliphatic rings. The number of benzene rings is 2. The van der Waals surface area contributed by atoms with Crippen LogP contribution in [0.1, 0.15) is 23.6 Å². The maximum absolute atomic E-state index is 14.0. The van der Waals surface area contributed by atoms with E-state index in [1.807, 2.05) is 6.07 Å². The van der Waals surface area contributed by atoms with E-state index in [0.29, 0.717) is 17.2 Å². The quantitative estimate of drug-likeness (QED) is 0.366. The van der Waals surface area contributed by atoms with Gasteiger partial charge in [0.15, 0.2) is 0 Å². The SMILES string of the molecule is CC1(c2ccc(C#N)cc2)NC(=O)N(CC(=NO)c2ccc(F)cc2F)C1=O. The van der Waals surface area contributed by atoms with E-state index in [2.05, 4.69) is 10.5 Å². The van der Waals surface area contributed by atoms with Crippen LogP contribution in [0.3, 0.4) is 0 Å². The minimum Gasteiger partial charge on any atom is -0.411 e. The van der Waals surface area contributed by atoms with Crippen LogP contribution in [0.2, 0.25) is 0 Å². The molecule has 9 heteroatoms. The number of nitrogens with zero attached hydrogens (tertiary/aromatic N) is 3. The molecule has 2 aromatic carbocycles. The van der Waals surface area contributed by atoms with E-state index in [-0.39, 0.29) is 11.3 Å². The first-order valence-corrected chi connectivity index (χ1v) is 8.11.